The predicted molar refractivity (Wildman–Crippen MR) is 66.6 cm³/mol. The van der Waals surface area contributed by atoms with Crippen LogP contribution in [-0.2, 0) is 11.2 Å². The number of benzene rings is 1. The highest BCUT2D eigenvalue weighted by atomic mass is 16.5. The molecule has 2 rings (SSSR count). The zero-order chi connectivity index (χ0) is 11.4. The molecule has 1 heterocycles. The quantitative estimate of drug-likeness (QED) is 0.840. The number of aryl methyl sites for hydroxylation is 1. The fourth-order valence-corrected chi connectivity index (χ4v) is 2.39. The van der Waals surface area contributed by atoms with Gasteiger partial charge in [-0.2, -0.15) is 0 Å². The van der Waals surface area contributed by atoms with Crippen LogP contribution < -0.4 is 5.32 Å². The van der Waals surface area contributed by atoms with Gasteiger partial charge < -0.3 is 10.1 Å². The molecule has 88 valence electrons. The maximum Gasteiger partial charge on any atom is 0.0770 e. The van der Waals surface area contributed by atoms with Gasteiger partial charge >= 0.3 is 0 Å². The van der Waals surface area contributed by atoms with Crippen molar-refractivity contribution in [3.05, 3.63) is 35.4 Å². The number of nitrogens with one attached hydrogen (secondary N) is 1. The number of hydrogen-bond donors (Lipinski definition) is 1. The van der Waals surface area contributed by atoms with Crippen molar-refractivity contribution >= 4 is 0 Å². The minimum absolute atomic E-state index is 0.341. The van der Waals surface area contributed by atoms with E-state index < -0.39 is 0 Å². The first-order valence-corrected chi connectivity index (χ1v) is 6.23. The summed E-state index contributed by atoms with van der Waals surface area (Å²) >= 11 is 0. The third-order valence-electron chi connectivity index (χ3n) is 3.39. The van der Waals surface area contributed by atoms with Crippen LogP contribution in [0.25, 0.3) is 0 Å². The van der Waals surface area contributed by atoms with Gasteiger partial charge in [-0.3, -0.25) is 0 Å². The highest BCUT2D eigenvalue weighted by Crippen LogP contribution is 2.26. The van der Waals surface area contributed by atoms with Gasteiger partial charge in [0.1, 0.15) is 0 Å². The van der Waals surface area contributed by atoms with Crippen LogP contribution in [-0.4, -0.2) is 19.8 Å². The lowest BCUT2D eigenvalue weighted by Crippen LogP contribution is -2.28. The second kappa shape index (κ2) is 5.46. The summed E-state index contributed by atoms with van der Waals surface area (Å²) in [5, 5.41) is 3.37. The van der Waals surface area contributed by atoms with Gasteiger partial charge in [-0.05, 0) is 37.4 Å². The molecule has 1 aliphatic heterocycles. The molecule has 1 aromatic rings. The highest BCUT2D eigenvalue weighted by molar-refractivity contribution is 5.26. The van der Waals surface area contributed by atoms with E-state index in [9.17, 15) is 0 Å². The molecular weight excluding hydrogens is 198 g/mol. The molecule has 1 aliphatic rings. The number of hydrogen-bond acceptors (Lipinski definition) is 2. The Bertz CT molecular complexity index is 314. The standard InChI is InChI=1S/C14H21NO/c1-3-11-6-8-12(9-7-11)14(15-2)13-5-4-10-16-13/h6-9,13-15H,3-5,10H2,1-2H3. The van der Waals surface area contributed by atoms with Crippen LogP contribution in [0.3, 0.4) is 0 Å². The molecule has 1 N–H and O–H groups in total. The Morgan fingerprint density at radius 3 is 2.62 bits per heavy atom. The van der Waals surface area contributed by atoms with Crippen LogP contribution in [0, 0.1) is 0 Å². The summed E-state index contributed by atoms with van der Waals surface area (Å²) in [4.78, 5) is 0. The van der Waals surface area contributed by atoms with E-state index in [0.717, 1.165) is 13.0 Å². The van der Waals surface area contributed by atoms with Crippen LogP contribution >= 0.6 is 0 Å². The molecule has 0 radical (unpaired) electrons. The van der Waals surface area contributed by atoms with Crippen LogP contribution in [0.1, 0.15) is 36.9 Å². The van der Waals surface area contributed by atoms with Gasteiger partial charge in [0, 0.05) is 6.61 Å². The van der Waals surface area contributed by atoms with E-state index in [1.54, 1.807) is 0 Å². The molecule has 1 fully saturated rings. The lowest BCUT2D eigenvalue weighted by Gasteiger charge is -2.23. The predicted octanol–water partition coefficient (Wildman–Crippen LogP) is 2.69. The third kappa shape index (κ3) is 2.45. The summed E-state index contributed by atoms with van der Waals surface area (Å²) < 4.78 is 5.75. The topological polar surface area (TPSA) is 21.3 Å². The second-order valence-electron chi connectivity index (χ2n) is 4.41. The van der Waals surface area contributed by atoms with Crippen molar-refractivity contribution in [3.8, 4) is 0 Å². The molecule has 2 unspecified atom stereocenters. The minimum Gasteiger partial charge on any atom is -0.376 e. The molecular formula is C14H21NO. The smallest absolute Gasteiger partial charge is 0.0770 e. The molecule has 0 aromatic heterocycles. The Morgan fingerprint density at radius 1 is 1.38 bits per heavy atom. The monoisotopic (exact) mass is 219 g/mol. The first-order chi connectivity index (χ1) is 7.85. The van der Waals surface area contributed by atoms with Crippen molar-refractivity contribution in [1.82, 2.24) is 5.32 Å². The molecule has 2 heteroatoms. The van der Waals surface area contributed by atoms with Gasteiger partial charge in [0.25, 0.3) is 0 Å². The molecule has 0 aliphatic carbocycles. The summed E-state index contributed by atoms with van der Waals surface area (Å²) in [6.07, 6.45) is 3.80. The Labute approximate surface area is 98.0 Å². The molecule has 2 atom stereocenters. The summed E-state index contributed by atoms with van der Waals surface area (Å²) in [6, 6.07) is 9.22. The van der Waals surface area contributed by atoms with E-state index in [1.165, 1.54) is 24.0 Å². The van der Waals surface area contributed by atoms with Crippen molar-refractivity contribution in [3.63, 3.8) is 0 Å². The van der Waals surface area contributed by atoms with Crippen LogP contribution in [0.15, 0.2) is 24.3 Å². The number of likely N-dealkylation sites (N-methyl/N-ethyl adjacent to an activating group) is 1. The zero-order valence-electron chi connectivity index (χ0n) is 10.2. The van der Waals surface area contributed by atoms with Crippen molar-refractivity contribution in [2.24, 2.45) is 0 Å². The van der Waals surface area contributed by atoms with Crippen molar-refractivity contribution in [1.29, 1.82) is 0 Å². The zero-order valence-corrected chi connectivity index (χ0v) is 10.2. The maximum atomic E-state index is 5.75. The number of rotatable bonds is 4. The lowest BCUT2D eigenvalue weighted by atomic mass is 9.98. The number of ether oxygens (including phenoxy) is 1. The lowest BCUT2D eigenvalue weighted by molar-refractivity contribution is 0.0807. The molecule has 1 saturated heterocycles. The fourth-order valence-electron chi connectivity index (χ4n) is 2.39. The molecule has 0 spiro atoms. The Hall–Kier alpha value is -0.860. The van der Waals surface area contributed by atoms with Gasteiger partial charge in [-0.25, -0.2) is 0 Å². The summed E-state index contributed by atoms with van der Waals surface area (Å²) in [5.74, 6) is 0. The Kier molecular flexibility index (Phi) is 3.97. The summed E-state index contributed by atoms with van der Waals surface area (Å²) in [5.41, 5.74) is 2.73. The Balaban J connectivity index is 2.12. The average Bonchev–Trinajstić information content (AvgIpc) is 2.85. The largest absolute Gasteiger partial charge is 0.376 e. The van der Waals surface area contributed by atoms with Gasteiger partial charge in [-0.15, -0.1) is 0 Å². The highest BCUT2D eigenvalue weighted by Gasteiger charge is 2.25. The van der Waals surface area contributed by atoms with Crippen molar-refractivity contribution in [2.75, 3.05) is 13.7 Å². The normalized spacial score (nSPS) is 22.2. The van der Waals surface area contributed by atoms with Crippen molar-refractivity contribution in [2.45, 2.75) is 38.3 Å². The van der Waals surface area contributed by atoms with E-state index in [1.807, 2.05) is 7.05 Å². The van der Waals surface area contributed by atoms with E-state index in [4.69, 9.17) is 4.74 Å². The molecule has 16 heavy (non-hydrogen) atoms. The molecule has 0 bridgehead atoms. The fraction of sp³-hybridized carbons (Fsp3) is 0.571. The molecule has 0 amide bonds. The van der Waals surface area contributed by atoms with Gasteiger partial charge in [0.2, 0.25) is 0 Å². The van der Waals surface area contributed by atoms with E-state index >= 15 is 0 Å². The van der Waals surface area contributed by atoms with E-state index in [2.05, 4.69) is 36.5 Å². The van der Waals surface area contributed by atoms with Gasteiger partial charge in [0.15, 0.2) is 0 Å². The van der Waals surface area contributed by atoms with Gasteiger partial charge in [-0.1, -0.05) is 31.2 Å². The van der Waals surface area contributed by atoms with Crippen LogP contribution in [0.4, 0.5) is 0 Å². The Morgan fingerprint density at radius 2 is 2.12 bits per heavy atom. The van der Waals surface area contributed by atoms with Crippen molar-refractivity contribution < 1.29 is 4.74 Å². The summed E-state index contributed by atoms with van der Waals surface area (Å²) in [7, 11) is 2.01. The van der Waals surface area contributed by atoms with Crippen LogP contribution in [0.5, 0.6) is 0 Å². The first kappa shape index (κ1) is 11.6. The molecule has 2 nitrogen and oxygen atoms in total. The van der Waals surface area contributed by atoms with Crippen LogP contribution in [0.2, 0.25) is 0 Å². The average molecular weight is 219 g/mol. The molecule has 1 aromatic carbocycles. The summed E-state index contributed by atoms with van der Waals surface area (Å²) in [6.45, 7) is 3.10. The SMILES string of the molecule is CCc1ccc(C(NC)C2CCCO2)cc1. The third-order valence-corrected chi connectivity index (χ3v) is 3.39. The maximum absolute atomic E-state index is 5.75. The minimum atomic E-state index is 0.341. The first-order valence-electron chi connectivity index (χ1n) is 6.23. The molecule has 0 saturated carbocycles. The van der Waals surface area contributed by atoms with E-state index in [-0.39, 0.29) is 0 Å². The second-order valence-corrected chi connectivity index (χ2v) is 4.41. The van der Waals surface area contributed by atoms with E-state index in [0.29, 0.717) is 12.1 Å². The van der Waals surface area contributed by atoms with Gasteiger partial charge in [0.05, 0.1) is 12.1 Å².